The summed E-state index contributed by atoms with van der Waals surface area (Å²) >= 11 is 0. The van der Waals surface area contributed by atoms with Crippen LogP contribution in [0.2, 0.25) is 0 Å². The van der Waals surface area contributed by atoms with E-state index in [1.807, 2.05) is 0 Å². The average Bonchev–Trinajstić information content (AvgIpc) is 3.35. The van der Waals surface area contributed by atoms with Gasteiger partial charge in [-0.2, -0.15) is 0 Å². The Bertz CT molecular complexity index is 671. The van der Waals surface area contributed by atoms with Crippen molar-refractivity contribution in [3.05, 3.63) is 39.9 Å². The summed E-state index contributed by atoms with van der Waals surface area (Å²) < 4.78 is 4.84. The summed E-state index contributed by atoms with van der Waals surface area (Å²) in [5.41, 5.74) is -0.268. The number of hydrogen-bond acceptors (Lipinski definition) is 6. The molecule has 1 N–H and O–H groups in total. The second-order valence-corrected chi connectivity index (χ2v) is 5.48. The maximum atomic E-state index is 11.9. The van der Waals surface area contributed by atoms with Crippen molar-refractivity contribution in [2.24, 2.45) is 0 Å². The summed E-state index contributed by atoms with van der Waals surface area (Å²) in [7, 11) is 1.43. The van der Waals surface area contributed by atoms with Crippen LogP contribution in [0, 0.1) is 10.1 Å². The smallest absolute Gasteiger partial charge is 0.338 e. The van der Waals surface area contributed by atoms with Crippen molar-refractivity contribution >= 4 is 23.5 Å². The molecule has 1 aliphatic carbocycles. The van der Waals surface area contributed by atoms with Crippen LogP contribution in [-0.2, 0) is 14.3 Å². The van der Waals surface area contributed by atoms with Crippen LogP contribution in [0.15, 0.2) is 24.3 Å². The first kappa shape index (κ1) is 17.4. The lowest BCUT2D eigenvalue weighted by atomic mass is 10.2. The number of esters is 1. The fourth-order valence-electron chi connectivity index (χ4n) is 1.87. The molecule has 1 saturated carbocycles. The molecule has 0 bridgehead atoms. The molecule has 0 saturated heterocycles. The summed E-state index contributed by atoms with van der Waals surface area (Å²) in [6.07, 6.45) is 1.90. The highest BCUT2D eigenvalue weighted by Gasteiger charge is 2.24. The van der Waals surface area contributed by atoms with E-state index >= 15 is 0 Å². The van der Waals surface area contributed by atoms with Gasteiger partial charge in [-0.25, -0.2) is 4.79 Å². The molecule has 2 rings (SSSR count). The molecule has 0 aliphatic heterocycles. The number of nitro groups is 1. The average molecular weight is 335 g/mol. The van der Waals surface area contributed by atoms with E-state index in [1.165, 1.54) is 25.2 Å². The molecule has 0 spiro atoms. The lowest BCUT2D eigenvalue weighted by molar-refractivity contribution is -0.384. The van der Waals surface area contributed by atoms with E-state index in [1.54, 1.807) is 0 Å². The van der Waals surface area contributed by atoms with Crippen LogP contribution in [0.5, 0.6) is 0 Å². The van der Waals surface area contributed by atoms with Crippen molar-refractivity contribution in [1.29, 1.82) is 0 Å². The van der Waals surface area contributed by atoms with E-state index in [0.717, 1.165) is 23.8 Å². The first-order valence-electron chi connectivity index (χ1n) is 7.31. The molecule has 1 aromatic carbocycles. The molecular formula is C15H17N3O6. The molecule has 9 heteroatoms. The predicted molar refractivity (Wildman–Crippen MR) is 82.2 cm³/mol. The normalized spacial score (nSPS) is 13.0. The number of nitro benzene ring substituents is 1. The van der Waals surface area contributed by atoms with Gasteiger partial charge in [-0.15, -0.1) is 0 Å². The second-order valence-electron chi connectivity index (χ2n) is 5.48. The lowest BCUT2D eigenvalue weighted by Gasteiger charge is -2.16. The molecule has 24 heavy (non-hydrogen) atoms. The zero-order valence-corrected chi connectivity index (χ0v) is 13.1. The first-order valence-corrected chi connectivity index (χ1v) is 7.31. The minimum atomic E-state index is -0.845. The third-order valence-corrected chi connectivity index (χ3v) is 3.37. The number of benzene rings is 1. The molecule has 0 aromatic heterocycles. The maximum Gasteiger partial charge on any atom is 0.338 e. The number of ether oxygens (including phenoxy) is 1. The van der Waals surface area contributed by atoms with Crippen LogP contribution in [0.1, 0.15) is 23.2 Å². The van der Waals surface area contributed by atoms with E-state index in [2.05, 4.69) is 5.32 Å². The summed E-state index contributed by atoms with van der Waals surface area (Å²) in [4.78, 5) is 46.5. The van der Waals surface area contributed by atoms with Crippen LogP contribution in [0.25, 0.3) is 0 Å². The fraction of sp³-hybridized carbons (Fsp3) is 0.400. The number of non-ortho nitro benzene ring substituents is 1. The van der Waals surface area contributed by atoms with Gasteiger partial charge in [-0.3, -0.25) is 19.7 Å². The number of carbonyl (C=O) groups is 3. The summed E-state index contributed by atoms with van der Waals surface area (Å²) in [6, 6.07) is 5.22. The molecule has 128 valence electrons. The minimum absolute atomic E-state index is 0.0221. The largest absolute Gasteiger partial charge is 0.452 e. The van der Waals surface area contributed by atoms with Crippen molar-refractivity contribution in [2.45, 2.75) is 18.9 Å². The fourth-order valence-corrected chi connectivity index (χ4v) is 1.87. The van der Waals surface area contributed by atoms with E-state index in [9.17, 15) is 24.5 Å². The molecule has 0 radical (unpaired) electrons. The number of amides is 2. The Morgan fingerprint density at radius 3 is 2.71 bits per heavy atom. The highest BCUT2D eigenvalue weighted by atomic mass is 16.6. The number of nitrogens with one attached hydrogen (secondary N) is 1. The molecule has 0 unspecified atom stereocenters. The minimum Gasteiger partial charge on any atom is -0.452 e. The number of hydrogen-bond donors (Lipinski definition) is 1. The molecule has 2 amide bonds. The Kier molecular flexibility index (Phi) is 5.46. The zero-order chi connectivity index (χ0) is 17.7. The molecule has 9 nitrogen and oxygen atoms in total. The maximum absolute atomic E-state index is 11.9. The Hall–Kier alpha value is -2.97. The number of likely N-dealkylation sites (N-methyl/N-ethyl adjacent to an activating group) is 1. The van der Waals surface area contributed by atoms with Crippen LogP contribution in [0.3, 0.4) is 0 Å². The molecule has 1 aliphatic rings. The Morgan fingerprint density at radius 1 is 1.38 bits per heavy atom. The quantitative estimate of drug-likeness (QED) is 0.440. The van der Waals surface area contributed by atoms with Crippen molar-refractivity contribution in [3.63, 3.8) is 0 Å². The number of nitrogens with zero attached hydrogens (tertiary/aromatic N) is 2. The third kappa shape index (κ3) is 5.04. The summed E-state index contributed by atoms with van der Waals surface area (Å²) in [6.45, 7) is -0.668. The predicted octanol–water partition coefficient (Wildman–Crippen LogP) is 0.489. The van der Waals surface area contributed by atoms with Gasteiger partial charge in [0, 0.05) is 25.2 Å². The molecule has 1 fully saturated rings. The molecule has 0 heterocycles. The second kappa shape index (κ2) is 7.53. The topological polar surface area (TPSA) is 119 Å². The first-order chi connectivity index (χ1) is 11.4. The standard InChI is InChI=1S/C15H17N3O6/c1-17(8-13(19)16-11-5-6-11)14(20)9-24-15(21)10-3-2-4-12(7-10)18(22)23/h2-4,7,11H,5-6,8-9H2,1H3,(H,16,19). The number of rotatable bonds is 7. The molecular weight excluding hydrogens is 318 g/mol. The van der Waals surface area contributed by atoms with Gasteiger partial charge in [-0.05, 0) is 18.9 Å². The Morgan fingerprint density at radius 2 is 2.08 bits per heavy atom. The van der Waals surface area contributed by atoms with Gasteiger partial charge >= 0.3 is 5.97 Å². The SMILES string of the molecule is CN(CC(=O)NC1CC1)C(=O)COC(=O)c1cccc([N+](=O)[O-])c1. The van der Waals surface area contributed by atoms with Crippen molar-refractivity contribution in [3.8, 4) is 0 Å². The van der Waals surface area contributed by atoms with Crippen molar-refractivity contribution in [2.75, 3.05) is 20.2 Å². The van der Waals surface area contributed by atoms with Crippen LogP contribution in [-0.4, -0.2) is 53.8 Å². The zero-order valence-electron chi connectivity index (χ0n) is 13.1. The van der Waals surface area contributed by atoms with E-state index < -0.39 is 23.4 Å². The van der Waals surface area contributed by atoms with Gasteiger partial charge in [0.05, 0.1) is 17.0 Å². The van der Waals surface area contributed by atoms with Gasteiger partial charge in [0.15, 0.2) is 6.61 Å². The van der Waals surface area contributed by atoms with E-state index in [0.29, 0.717) is 0 Å². The van der Waals surface area contributed by atoms with Crippen LogP contribution in [0.4, 0.5) is 5.69 Å². The van der Waals surface area contributed by atoms with Crippen molar-refractivity contribution in [1.82, 2.24) is 10.2 Å². The molecule has 1 aromatic rings. The van der Waals surface area contributed by atoms with Gasteiger partial charge < -0.3 is 15.0 Å². The summed E-state index contributed by atoms with van der Waals surface area (Å²) in [5, 5.41) is 13.4. The number of carbonyl (C=O) groups excluding carboxylic acids is 3. The Balaban J connectivity index is 1.81. The lowest BCUT2D eigenvalue weighted by Crippen LogP contribution is -2.40. The van der Waals surface area contributed by atoms with Gasteiger partial charge in [0.1, 0.15) is 0 Å². The highest BCUT2D eigenvalue weighted by Crippen LogP contribution is 2.18. The van der Waals surface area contributed by atoms with E-state index in [-0.39, 0.29) is 29.7 Å². The van der Waals surface area contributed by atoms with Gasteiger partial charge in [-0.1, -0.05) is 6.07 Å². The summed E-state index contributed by atoms with van der Waals surface area (Å²) in [5.74, 6) is -1.65. The van der Waals surface area contributed by atoms with Gasteiger partial charge in [0.2, 0.25) is 5.91 Å². The van der Waals surface area contributed by atoms with Crippen LogP contribution < -0.4 is 5.32 Å². The van der Waals surface area contributed by atoms with Crippen LogP contribution >= 0.6 is 0 Å². The monoisotopic (exact) mass is 335 g/mol. The van der Waals surface area contributed by atoms with E-state index in [4.69, 9.17) is 4.74 Å². The van der Waals surface area contributed by atoms with Gasteiger partial charge in [0.25, 0.3) is 11.6 Å². The van der Waals surface area contributed by atoms with Crippen molar-refractivity contribution < 1.29 is 24.0 Å². The third-order valence-electron chi connectivity index (χ3n) is 3.37. The molecule has 0 atom stereocenters. The highest BCUT2D eigenvalue weighted by molar-refractivity contribution is 5.92. The Labute approximate surface area is 137 Å².